The molecule has 0 saturated heterocycles. The van der Waals surface area contributed by atoms with Crippen molar-refractivity contribution in [3.8, 4) is 5.75 Å². The number of nitrogens with zero attached hydrogens (tertiary/aromatic N) is 1. The quantitative estimate of drug-likeness (QED) is 0.382. The molecule has 0 N–H and O–H groups in total. The number of hydrogen-bond acceptors (Lipinski definition) is 4. The van der Waals surface area contributed by atoms with Gasteiger partial charge in [-0.15, -0.1) is 0 Å². The number of ether oxygens (including phenoxy) is 1. The van der Waals surface area contributed by atoms with Gasteiger partial charge in [0.05, 0.1) is 23.8 Å². The predicted molar refractivity (Wildman–Crippen MR) is 125 cm³/mol. The molecule has 0 aliphatic carbocycles. The molecule has 0 bridgehead atoms. The summed E-state index contributed by atoms with van der Waals surface area (Å²) in [4.78, 5) is 27.7. The Balaban J connectivity index is 1.58. The van der Waals surface area contributed by atoms with Crippen LogP contribution in [0.4, 0.5) is 0 Å². The number of rotatable bonds is 7. The minimum absolute atomic E-state index is 0.115. The van der Waals surface area contributed by atoms with E-state index in [1.165, 1.54) is 6.26 Å². The van der Waals surface area contributed by atoms with E-state index in [0.717, 1.165) is 11.1 Å². The largest absolute Gasteiger partial charge is 0.484 e. The minimum Gasteiger partial charge on any atom is -0.484 e. The summed E-state index contributed by atoms with van der Waals surface area (Å²) in [5, 5.41) is 1.10. The fraction of sp³-hybridized carbons (Fsp3) is 0.154. The topological polar surface area (TPSA) is 59.8 Å². The molecule has 0 radical (unpaired) electrons. The van der Waals surface area contributed by atoms with Gasteiger partial charge in [-0.25, -0.2) is 0 Å². The highest BCUT2D eigenvalue weighted by Crippen LogP contribution is 2.17. The third-order valence-electron chi connectivity index (χ3n) is 5.11. The van der Waals surface area contributed by atoms with Gasteiger partial charge in [0.2, 0.25) is 0 Å². The molecule has 0 fully saturated rings. The van der Waals surface area contributed by atoms with E-state index in [-0.39, 0.29) is 24.5 Å². The van der Waals surface area contributed by atoms with Crippen molar-refractivity contribution >= 4 is 28.5 Å². The monoisotopic (exact) mass is 447 g/mol. The van der Waals surface area contributed by atoms with Crippen LogP contribution in [0.25, 0.3) is 11.0 Å². The zero-order valence-corrected chi connectivity index (χ0v) is 18.3. The summed E-state index contributed by atoms with van der Waals surface area (Å²) in [6.45, 7) is 2.22. The number of aryl methyl sites for hydroxylation is 1. The lowest BCUT2D eigenvalue weighted by atomic mass is 10.1. The fourth-order valence-corrected chi connectivity index (χ4v) is 3.53. The molecule has 0 saturated carbocycles. The maximum atomic E-state index is 13.1. The Kier molecular flexibility index (Phi) is 6.57. The predicted octanol–water partition coefficient (Wildman–Crippen LogP) is 5.36. The van der Waals surface area contributed by atoms with E-state index in [0.29, 0.717) is 33.8 Å². The van der Waals surface area contributed by atoms with Crippen molar-refractivity contribution < 1.29 is 13.9 Å². The molecule has 0 spiro atoms. The van der Waals surface area contributed by atoms with Gasteiger partial charge < -0.3 is 14.1 Å². The lowest BCUT2D eigenvalue weighted by Crippen LogP contribution is -2.35. The highest BCUT2D eigenvalue weighted by molar-refractivity contribution is 6.30. The van der Waals surface area contributed by atoms with Crippen LogP contribution in [0.1, 0.15) is 16.7 Å². The van der Waals surface area contributed by atoms with Gasteiger partial charge in [0.1, 0.15) is 11.3 Å². The standard InChI is InChI=1S/C26H22ClNO4/c1-18-7-12-24-23(13-18)26(30)20(16-32-24)15-28(14-19-5-3-2-4-6-19)25(29)17-31-22-10-8-21(27)9-11-22/h2-13,16H,14-15,17H2,1H3. The first-order valence-corrected chi connectivity index (χ1v) is 10.6. The number of amides is 1. The Morgan fingerprint density at radius 1 is 1.00 bits per heavy atom. The lowest BCUT2D eigenvalue weighted by molar-refractivity contribution is -0.134. The van der Waals surface area contributed by atoms with Crippen LogP contribution in [-0.2, 0) is 17.9 Å². The zero-order valence-electron chi connectivity index (χ0n) is 17.6. The maximum absolute atomic E-state index is 13.1. The van der Waals surface area contributed by atoms with Gasteiger partial charge in [-0.3, -0.25) is 9.59 Å². The first-order chi connectivity index (χ1) is 15.5. The SMILES string of the molecule is Cc1ccc2occ(CN(Cc3ccccc3)C(=O)COc3ccc(Cl)cc3)c(=O)c2c1. The molecule has 0 aliphatic rings. The summed E-state index contributed by atoms with van der Waals surface area (Å²) in [5.74, 6) is 0.302. The van der Waals surface area contributed by atoms with Crippen molar-refractivity contribution in [1.29, 1.82) is 0 Å². The second kappa shape index (κ2) is 9.71. The van der Waals surface area contributed by atoms with E-state index in [4.69, 9.17) is 20.8 Å². The van der Waals surface area contributed by atoms with E-state index < -0.39 is 0 Å². The van der Waals surface area contributed by atoms with Gasteiger partial charge >= 0.3 is 0 Å². The molecule has 1 heterocycles. The molecule has 0 unspecified atom stereocenters. The molecule has 0 atom stereocenters. The van der Waals surface area contributed by atoms with Gasteiger partial charge in [0.15, 0.2) is 12.0 Å². The Morgan fingerprint density at radius 3 is 2.50 bits per heavy atom. The minimum atomic E-state index is -0.243. The molecule has 5 nitrogen and oxygen atoms in total. The second-order valence-electron chi connectivity index (χ2n) is 7.57. The van der Waals surface area contributed by atoms with Crippen molar-refractivity contribution in [2.75, 3.05) is 6.61 Å². The summed E-state index contributed by atoms with van der Waals surface area (Å²) in [7, 11) is 0. The average molecular weight is 448 g/mol. The van der Waals surface area contributed by atoms with E-state index >= 15 is 0 Å². The van der Waals surface area contributed by atoms with Crippen LogP contribution in [0.2, 0.25) is 5.02 Å². The lowest BCUT2D eigenvalue weighted by Gasteiger charge is -2.23. The van der Waals surface area contributed by atoms with E-state index in [2.05, 4.69) is 0 Å². The summed E-state index contributed by atoms with van der Waals surface area (Å²) < 4.78 is 11.3. The third-order valence-corrected chi connectivity index (χ3v) is 5.36. The molecule has 162 valence electrons. The maximum Gasteiger partial charge on any atom is 0.261 e. The van der Waals surface area contributed by atoms with Crippen LogP contribution in [0.5, 0.6) is 5.75 Å². The summed E-state index contributed by atoms with van der Waals surface area (Å²) >= 11 is 5.90. The Labute approximate surface area is 190 Å². The molecular weight excluding hydrogens is 426 g/mol. The Bertz CT molecular complexity index is 1280. The van der Waals surface area contributed by atoms with E-state index in [9.17, 15) is 9.59 Å². The first-order valence-electron chi connectivity index (χ1n) is 10.2. The molecule has 32 heavy (non-hydrogen) atoms. The van der Waals surface area contributed by atoms with Gasteiger partial charge in [-0.05, 0) is 48.9 Å². The van der Waals surface area contributed by atoms with Crippen LogP contribution in [0, 0.1) is 6.92 Å². The van der Waals surface area contributed by atoms with Crippen LogP contribution in [-0.4, -0.2) is 17.4 Å². The molecule has 4 rings (SSSR count). The molecule has 0 aliphatic heterocycles. The van der Waals surface area contributed by atoms with Crippen LogP contribution < -0.4 is 10.2 Å². The fourth-order valence-electron chi connectivity index (χ4n) is 3.40. The number of halogens is 1. The Morgan fingerprint density at radius 2 is 1.75 bits per heavy atom. The van der Waals surface area contributed by atoms with Crippen molar-refractivity contribution in [1.82, 2.24) is 4.90 Å². The highest BCUT2D eigenvalue weighted by atomic mass is 35.5. The van der Waals surface area contributed by atoms with Gasteiger partial charge in [-0.1, -0.05) is 53.6 Å². The Hall–Kier alpha value is -3.57. The highest BCUT2D eigenvalue weighted by Gasteiger charge is 2.18. The number of benzene rings is 3. The van der Waals surface area contributed by atoms with Crippen LogP contribution in [0.15, 0.2) is 88.3 Å². The van der Waals surface area contributed by atoms with Gasteiger partial charge in [0.25, 0.3) is 5.91 Å². The number of carbonyl (C=O) groups is 1. The van der Waals surface area contributed by atoms with Crippen molar-refractivity contribution in [3.63, 3.8) is 0 Å². The molecule has 1 aromatic heterocycles. The van der Waals surface area contributed by atoms with Crippen molar-refractivity contribution in [2.45, 2.75) is 20.0 Å². The summed E-state index contributed by atoms with van der Waals surface area (Å²) in [6.07, 6.45) is 1.44. The zero-order chi connectivity index (χ0) is 22.5. The van der Waals surface area contributed by atoms with E-state index in [1.807, 2.05) is 43.3 Å². The van der Waals surface area contributed by atoms with Crippen LogP contribution >= 0.6 is 11.6 Å². The molecular formula is C26H22ClNO4. The van der Waals surface area contributed by atoms with Crippen LogP contribution in [0.3, 0.4) is 0 Å². The molecule has 4 aromatic rings. The average Bonchev–Trinajstić information content (AvgIpc) is 2.81. The molecule has 6 heteroatoms. The molecule has 3 aromatic carbocycles. The number of hydrogen-bond donors (Lipinski definition) is 0. The molecule has 1 amide bonds. The number of fused-ring (bicyclic) bond motifs is 1. The van der Waals surface area contributed by atoms with Gasteiger partial charge in [-0.2, -0.15) is 0 Å². The summed E-state index contributed by atoms with van der Waals surface area (Å²) in [5.41, 5.74) is 2.72. The van der Waals surface area contributed by atoms with E-state index in [1.54, 1.807) is 41.3 Å². The first kappa shape index (κ1) is 21.7. The number of carbonyl (C=O) groups excluding carboxylic acids is 1. The second-order valence-corrected chi connectivity index (χ2v) is 8.00. The van der Waals surface area contributed by atoms with Gasteiger partial charge in [0, 0.05) is 11.6 Å². The third kappa shape index (κ3) is 5.18. The smallest absolute Gasteiger partial charge is 0.261 e. The van der Waals surface area contributed by atoms with Crippen molar-refractivity contribution in [3.05, 3.63) is 111 Å². The summed E-state index contributed by atoms with van der Waals surface area (Å²) in [6, 6.07) is 21.9. The normalized spacial score (nSPS) is 10.8. The van der Waals surface area contributed by atoms with Crippen molar-refractivity contribution in [2.24, 2.45) is 0 Å².